The highest BCUT2D eigenvalue weighted by Gasteiger charge is 2.64. The largest absolute Gasteiger partial charge is 0.489 e. The van der Waals surface area contributed by atoms with E-state index in [0.29, 0.717) is 53.9 Å². The third-order valence-corrected chi connectivity index (χ3v) is 15.7. The molecule has 19 heteroatoms. The number of benzene rings is 2. The highest BCUT2D eigenvalue weighted by Crippen LogP contribution is 2.55. The lowest BCUT2D eigenvalue weighted by atomic mass is 9.49. The maximum absolute atomic E-state index is 15.5. The van der Waals surface area contributed by atoms with Crippen LogP contribution in [0.4, 0.5) is 14.6 Å². The van der Waals surface area contributed by atoms with E-state index in [2.05, 4.69) is 25.9 Å². The fraction of sp³-hybridized carbons (Fsp3) is 0.528. The van der Waals surface area contributed by atoms with Gasteiger partial charge in [0.1, 0.15) is 35.8 Å². The number of aliphatic hydroxyl groups is 1. The third-order valence-electron chi connectivity index (χ3n) is 14.4. The quantitative estimate of drug-likeness (QED) is 0.0866. The molecule has 0 bridgehead atoms. The number of piperazine rings is 1. The number of anilines is 1. The Morgan fingerprint density at radius 2 is 1.67 bits per heavy atom. The summed E-state index contributed by atoms with van der Waals surface area (Å²) < 4.78 is 37.4. The van der Waals surface area contributed by atoms with Crippen molar-refractivity contribution in [1.82, 2.24) is 35.7 Å². The maximum Gasteiger partial charge on any atom is 0.261 e. The topological polar surface area (TPSA) is 193 Å². The molecule has 2 unspecified atom stereocenters. The first-order chi connectivity index (χ1) is 33.8. The van der Waals surface area contributed by atoms with Gasteiger partial charge in [-0.25, -0.2) is 18.7 Å². The number of rotatable bonds is 16. The van der Waals surface area contributed by atoms with Crippen molar-refractivity contribution in [2.45, 2.75) is 124 Å². The van der Waals surface area contributed by atoms with Crippen molar-refractivity contribution >= 4 is 52.4 Å². The van der Waals surface area contributed by atoms with Crippen LogP contribution in [0.2, 0.25) is 5.02 Å². The Morgan fingerprint density at radius 3 is 2.25 bits per heavy atom. The SMILES string of the molecule is Cc1ncsc1-c1ccc([C@H](C)NC(=O)C2C[C@@H](O)CN2C(=O)C(NC(=O)CCC(F)(F)CN2CCN(c3ccc(C(=O)N[C@H]4C(C)(C)[C@H](Oc5ccc(C#N)c(Cl)c5)C4(C)C)cn3)CC2)C(C)(C)C)cc1. The van der Waals surface area contributed by atoms with E-state index in [-0.39, 0.29) is 31.0 Å². The number of nitrogens with zero attached hydrogens (tertiary/aromatic N) is 6. The van der Waals surface area contributed by atoms with Crippen LogP contribution in [0.5, 0.6) is 5.75 Å². The minimum absolute atomic E-state index is 0.0118. The van der Waals surface area contributed by atoms with E-state index in [9.17, 15) is 29.5 Å². The molecule has 386 valence electrons. The van der Waals surface area contributed by atoms with Crippen molar-refractivity contribution in [3.05, 3.63) is 93.7 Å². The van der Waals surface area contributed by atoms with Crippen LogP contribution in [-0.2, 0) is 14.4 Å². The second kappa shape index (κ2) is 21.4. The number of alkyl halides is 2. The highest BCUT2D eigenvalue weighted by atomic mass is 35.5. The number of carbonyl (C=O) groups is 4. The summed E-state index contributed by atoms with van der Waals surface area (Å²) in [4.78, 5) is 69.5. The number of ether oxygens (including phenoxy) is 1. The van der Waals surface area contributed by atoms with Crippen molar-refractivity contribution < 1.29 is 37.8 Å². The molecule has 2 aromatic carbocycles. The number of aryl methyl sites for hydroxylation is 1. The van der Waals surface area contributed by atoms with Crippen LogP contribution >= 0.6 is 22.9 Å². The Balaban J connectivity index is 0.862. The van der Waals surface area contributed by atoms with E-state index in [1.54, 1.807) is 72.9 Å². The van der Waals surface area contributed by atoms with Crippen molar-refractivity contribution in [2.24, 2.45) is 16.2 Å². The normalized spacial score (nSPS) is 21.7. The summed E-state index contributed by atoms with van der Waals surface area (Å²) in [7, 11) is 0. The molecule has 1 aliphatic carbocycles. The molecule has 4 amide bonds. The van der Waals surface area contributed by atoms with E-state index in [1.807, 2.05) is 76.8 Å². The first-order valence-corrected chi connectivity index (χ1v) is 25.6. The van der Waals surface area contributed by atoms with Gasteiger partial charge in [0.2, 0.25) is 17.7 Å². The van der Waals surface area contributed by atoms with Gasteiger partial charge in [0.05, 0.1) is 50.9 Å². The summed E-state index contributed by atoms with van der Waals surface area (Å²) in [6.07, 6.45) is -0.968. The summed E-state index contributed by atoms with van der Waals surface area (Å²) in [5.41, 5.74) is 3.57. The van der Waals surface area contributed by atoms with Crippen LogP contribution < -0.4 is 25.6 Å². The van der Waals surface area contributed by atoms with Gasteiger partial charge in [0.15, 0.2) is 0 Å². The Hall–Kier alpha value is -5.74. The number of thiazole rings is 1. The second-order valence-corrected chi connectivity index (χ2v) is 23.0. The lowest BCUT2D eigenvalue weighted by Crippen LogP contribution is -2.74. The molecule has 15 nitrogen and oxygen atoms in total. The molecule has 3 fully saturated rings. The van der Waals surface area contributed by atoms with Crippen LogP contribution in [0.3, 0.4) is 0 Å². The number of nitriles is 1. The first kappa shape index (κ1) is 54.0. The van der Waals surface area contributed by atoms with E-state index in [1.165, 1.54) is 11.1 Å². The van der Waals surface area contributed by atoms with Crippen LogP contribution in [-0.4, -0.2) is 124 Å². The molecule has 0 spiro atoms. The number of amides is 4. The number of pyridine rings is 1. The second-order valence-electron chi connectivity index (χ2n) is 21.7. The summed E-state index contributed by atoms with van der Waals surface area (Å²) >= 11 is 7.79. The van der Waals surface area contributed by atoms with Gasteiger partial charge in [0.25, 0.3) is 11.8 Å². The standard InChI is InChI=1S/C53H66ClF2N9O6S/c1-31(33-10-12-34(13-11-33)43-32(2)59-30-72-43)60-46(69)40-24-37(66)28-65(40)47(70)44(50(3,4)5)61-42(67)18-19-53(55,56)29-63-20-22-64(23-21-63)41-17-15-36(27-58-41)45(68)62-48-51(6,7)49(52(48,8)9)71-38-16-14-35(26-57)39(54)25-38/h10-17,25,27,30-31,37,40,44,48-49,66H,18-24,28-29H2,1-9H3,(H,60,69)(H,61,67)(H,62,68)/t31-,37+,40?,44?,48-,49-/m0/s1. The molecule has 4 heterocycles. The number of halogens is 3. The van der Waals surface area contributed by atoms with Crippen LogP contribution in [0.15, 0.2) is 66.3 Å². The van der Waals surface area contributed by atoms with E-state index in [4.69, 9.17) is 16.3 Å². The minimum Gasteiger partial charge on any atom is -0.489 e. The monoisotopic (exact) mass is 1030 g/mol. The molecule has 7 rings (SSSR count). The Morgan fingerprint density at radius 1 is 0.986 bits per heavy atom. The minimum atomic E-state index is -3.21. The molecule has 1 saturated carbocycles. The first-order valence-electron chi connectivity index (χ1n) is 24.4. The summed E-state index contributed by atoms with van der Waals surface area (Å²) in [5, 5.41) is 29.0. The number of carbonyl (C=O) groups excluding carboxylic acids is 4. The Bertz CT molecular complexity index is 2650. The Kier molecular flexibility index (Phi) is 16.1. The van der Waals surface area contributed by atoms with Crippen LogP contribution in [0, 0.1) is 34.5 Å². The predicted octanol–water partition coefficient (Wildman–Crippen LogP) is 7.56. The number of hydrogen-bond donors (Lipinski definition) is 4. The lowest BCUT2D eigenvalue weighted by molar-refractivity contribution is -0.164. The zero-order valence-corrected chi connectivity index (χ0v) is 44.0. The molecule has 72 heavy (non-hydrogen) atoms. The highest BCUT2D eigenvalue weighted by molar-refractivity contribution is 7.13. The molecule has 2 aromatic heterocycles. The van der Waals surface area contributed by atoms with Gasteiger partial charge >= 0.3 is 0 Å². The smallest absolute Gasteiger partial charge is 0.261 e. The molecule has 4 atom stereocenters. The molecular formula is C53H66ClF2N9O6S. The molecule has 0 radical (unpaired) electrons. The maximum atomic E-state index is 15.5. The van der Waals surface area contributed by atoms with Crippen LogP contribution in [0.25, 0.3) is 10.4 Å². The number of nitrogens with one attached hydrogen (secondary N) is 3. The fourth-order valence-electron chi connectivity index (χ4n) is 10.6. The molecule has 3 aliphatic rings. The van der Waals surface area contributed by atoms with Crippen molar-refractivity contribution in [2.75, 3.05) is 44.2 Å². The van der Waals surface area contributed by atoms with Gasteiger partial charge in [-0.2, -0.15) is 5.26 Å². The average Bonchev–Trinajstić information content (AvgIpc) is 3.95. The number of aliphatic hydroxyl groups excluding tert-OH is 1. The zero-order chi connectivity index (χ0) is 52.5. The summed E-state index contributed by atoms with van der Waals surface area (Å²) in [6.45, 7) is 17.9. The average molecular weight is 1030 g/mol. The van der Waals surface area contributed by atoms with Gasteiger partial charge in [0, 0.05) is 81.1 Å². The van der Waals surface area contributed by atoms with E-state index in [0.717, 1.165) is 21.7 Å². The Labute approximate surface area is 429 Å². The fourth-order valence-corrected chi connectivity index (χ4v) is 11.6. The van der Waals surface area contributed by atoms with Gasteiger partial charge in [-0.1, -0.05) is 84.3 Å². The zero-order valence-electron chi connectivity index (χ0n) is 42.4. The van der Waals surface area contributed by atoms with E-state index >= 15 is 8.78 Å². The van der Waals surface area contributed by atoms with Gasteiger partial charge in [-0.05, 0) is 54.7 Å². The van der Waals surface area contributed by atoms with Crippen molar-refractivity contribution in [3.8, 4) is 22.3 Å². The number of β-amino-alcohol motifs (C(OH)–C–C–N with tert-alkyl or cyclic N) is 1. The third kappa shape index (κ3) is 12.0. The lowest BCUT2D eigenvalue weighted by Gasteiger charge is -2.63. The van der Waals surface area contributed by atoms with Gasteiger partial charge < -0.3 is 35.6 Å². The molecule has 4 aromatic rings. The summed E-state index contributed by atoms with van der Waals surface area (Å²) in [5.74, 6) is -4.07. The molecule has 4 N–H and O–H groups in total. The number of hydrogen-bond acceptors (Lipinski definition) is 12. The molecular weight excluding hydrogens is 964 g/mol. The molecule has 2 saturated heterocycles. The van der Waals surface area contributed by atoms with E-state index < -0.39 is 83.5 Å². The van der Waals surface area contributed by atoms with Crippen LogP contribution in [0.1, 0.15) is 108 Å². The predicted molar refractivity (Wildman–Crippen MR) is 273 cm³/mol. The van der Waals surface area contributed by atoms with Crippen molar-refractivity contribution in [3.63, 3.8) is 0 Å². The molecule has 2 aliphatic heterocycles. The van der Waals surface area contributed by atoms with Gasteiger partial charge in [-0.3, -0.25) is 24.1 Å². The number of aromatic nitrogens is 2. The van der Waals surface area contributed by atoms with Crippen molar-refractivity contribution in [1.29, 1.82) is 5.26 Å². The van der Waals surface area contributed by atoms with Gasteiger partial charge in [-0.15, -0.1) is 11.3 Å². The number of likely N-dealkylation sites (tertiary alicyclic amines) is 1. The summed E-state index contributed by atoms with van der Waals surface area (Å²) in [6, 6.07) is 15.4.